The zero-order valence-corrected chi connectivity index (χ0v) is 13.8. The van der Waals surface area contributed by atoms with Crippen LogP contribution in [0.3, 0.4) is 0 Å². The molecule has 0 atom stereocenters. The van der Waals surface area contributed by atoms with Gasteiger partial charge in [-0.25, -0.2) is 0 Å². The van der Waals surface area contributed by atoms with Crippen LogP contribution in [0.4, 0.5) is 0 Å². The fraction of sp³-hybridized carbons (Fsp3) is 0.529. The summed E-state index contributed by atoms with van der Waals surface area (Å²) in [7, 11) is 0. The molecule has 0 fully saturated rings. The third-order valence-corrected chi connectivity index (χ3v) is 3.52. The van der Waals surface area contributed by atoms with Crippen molar-refractivity contribution in [3.8, 4) is 11.4 Å². The van der Waals surface area contributed by atoms with Gasteiger partial charge in [-0.3, -0.25) is 0 Å². The van der Waals surface area contributed by atoms with E-state index >= 15 is 0 Å². The minimum absolute atomic E-state index is 0.0185. The summed E-state index contributed by atoms with van der Waals surface area (Å²) >= 11 is 0. The molecular weight excluding hydrogens is 262 g/mol. The molecule has 0 unspecified atom stereocenters. The van der Waals surface area contributed by atoms with Gasteiger partial charge in [0.05, 0.1) is 0 Å². The van der Waals surface area contributed by atoms with E-state index in [1.165, 1.54) is 5.56 Å². The Hall–Kier alpha value is -1.68. The van der Waals surface area contributed by atoms with E-state index in [0.717, 1.165) is 11.4 Å². The van der Waals surface area contributed by atoms with Crippen LogP contribution in [0.2, 0.25) is 0 Å². The predicted octanol–water partition coefficient (Wildman–Crippen LogP) is 3.49. The number of rotatable bonds is 2. The van der Waals surface area contributed by atoms with Crippen LogP contribution in [0.5, 0.6) is 0 Å². The van der Waals surface area contributed by atoms with Crippen LogP contribution >= 0.6 is 0 Å². The Kier molecular flexibility index (Phi) is 3.93. The molecule has 0 spiro atoms. The van der Waals surface area contributed by atoms with Crippen LogP contribution < -0.4 is 0 Å². The number of benzene rings is 1. The lowest BCUT2D eigenvalue weighted by Crippen LogP contribution is -2.26. The van der Waals surface area contributed by atoms with Gasteiger partial charge in [-0.15, -0.1) is 10.2 Å². The molecule has 0 radical (unpaired) electrons. The normalized spacial score (nSPS) is 12.7. The third-order valence-electron chi connectivity index (χ3n) is 3.52. The van der Waals surface area contributed by atoms with Gasteiger partial charge >= 0.3 is 0 Å². The molecule has 0 saturated carbocycles. The Morgan fingerprint density at radius 2 is 1.62 bits per heavy atom. The topological polar surface area (TPSA) is 50.9 Å². The van der Waals surface area contributed by atoms with E-state index in [4.69, 9.17) is 0 Å². The second-order valence-corrected chi connectivity index (χ2v) is 7.40. The van der Waals surface area contributed by atoms with Crippen molar-refractivity contribution in [1.29, 1.82) is 0 Å². The lowest BCUT2D eigenvalue weighted by Gasteiger charge is -2.27. The van der Waals surface area contributed by atoms with E-state index in [1.54, 1.807) is 0 Å². The fourth-order valence-corrected chi connectivity index (χ4v) is 2.63. The molecule has 4 nitrogen and oxygen atoms in total. The Balaban J connectivity index is 2.73. The molecule has 1 heterocycles. The molecule has 0 aliphatic carbocycles. The molecule has 0 bridgehead atoms. The summed E-state index contributed by atoms with van der Waals surface area (Å²) in [5.41, 5.74) is 2.13. The van der Waals surface area contributed by atoms with Crippen LogP contribution in [0.1, 0.15) is 52.9 Å². The molecule has 1 aromatic carbocycles. The van der Waals surface area contributed by atoms with Gasteiger partial charge in [-0.2, -0.15) is 0 Å². The lowest BCUT2D eigenvalue weighted by atomic mass is 9.83. The highest BCUT2D eigenvalue weighted by atomic mass is 16.3. The molecule has 2 rings (SSSR count). The first kappa shape index (κ1) is 15.7. The highest BCUT2D eigenvalue weighted by Gasteiger charge is 2.27. The summed E-state index contributed by atoms with van der Waals surface area (Å²) in [4.78, 5) is 0. The fourth-order valence-electron chi connectivity index (χ4n) is 2.63. The van der Waals surface area contributed by atoms with Crippen molar-refractivity contribution >= 4 is 0 Å². The SMILES string of the molecule is CC(C)(C)c1ccccc1-c1nnc(CO)n1C(C)(C)C. The van der Waals surface area contributed by atoms with Crippen molar-refractivity contribution < 1.29 is 5.11 Å². The molecular formula is C17H25N3O. The summed E-state index contributed by atoms with van der Waals surface area (Å²) in [5.74, 6) is 1.42. The smallest absolute Gasteiger partial charge is 0.164 e. The molecule has 0 saturated heterocycles. The van der Waals surface area contributed by atoms with Gasteiger partial charge in [0.2, 0.25) is 0 Å². The Morgan fingerprint density at radius 1 is 1.00 bits per heavy atom. The number of hydrogen-bond acceptors (Lipinski definition) is 3. The predicted molar refractivity (Wildman–Crippen MR) is 85.1 cm³/mol. The van der Waals surface area contributed by atoms with Gasteiger partial charge in [-0.1, -0.05) is 45.0 Å². The Morgan fingerprint density at radius 3 is 2.14 bits per heavy atom. The molecule has 0 aliphatic heterocycles. The van der Waals surface area contributed by atoms with E-state index in [0.29, 0.717) is 5.82 Å². The number of aliphatic hydroxyl groups excluding tert-OH is 1. The maximum atomic E-state index is 9.55. The van der Waals surface area contributed by atoms with E-state index in [-0.39, 0.29) is 17.6 Å². The second kappa shape index (κ2) is 5.26. The van der Waals surface area contributed by atoms with Gasteiger partial charge in [0.1, 0.15) is 6.61 Å². The molecule has 1 N–H and O–H groups in total. The van der Waals surface area contributed by atoms with Crippen LogP contribution in [0.25, 0.3) is 11.4 Å². The third kappa shape index (κ3) is 3.00. The van der Waals surface area contributed by atoms with Gasteiger partial charge in [0, 0.05) is 11.1 Å². The zero-order valence-electron chi connectivity index (χ0n) is 13.8. The van der Waals surface area contributed by atoms with Crippen molar-refractivity contribution in [2.24, 2.45) is 0 Å². The molecule has 4 heteroatoms. The van der Waals surface area contributed by atoms with Crippen LogP contribution in [0, 0.1) is 0 Å². The largest absolute Gasteiger partial charge is 0.388 e. The Labute approximate surface area is 126 Å². The van der Waals surface area contributed by atoms with Crippen LogP contribution in [-0.2, 0) is 17.6 Å². The summed E-state index contributed by atoms with van der Waals surface area (Å²) < 4.78 is 2.03. The minimum Gasteiger partial charge on any atom is -0.388 e. The van der Waals surface area contributed by atoms with Gasteiger partial charge in [0.25, 0.3) is 0 Å². The first-order chi connectivity index (χ1) is 9.66. The van der Waals surface area contributed by atoms with Crippen LogP contribution in [-0.4, -0.2) is 19.9 Å². The molecule has 114 valence electrons. The molecule has 1 aromatic heterocycles. The summed E-state index contributed by atoms with van der Waals surface area (Å²) in [6.07, 6.45) is 0. The zero-order chi connectivity index (χ0) is 15.8. The molecule has 2 aromatic rings. The van der Waals surface area contributed by atoms with E-state index in [9.17, 15) is 5.11 Å². The van der Waals surface area contributed by atoms with Gasteiger partial charge in [0.15, 0.2) is 11.6 Å². The molecule has 0 aliphatic rings. The maximum absolute atomic E-state index is 9.55. The van der Waals surface area contributed by atoms with E-state index in [2.05, 4.69) is 69.9 Å². The second-order valence-electron chi connectivity index (χ2n) is 7.40. The monoisotopic (exact) mass is 287 g/mol. The summed E-state index contributed by atoms with van der Waals surface area (Å²) in [6, 6.07) is 8.28. The number of aliphatic hydroxyl groups is 1. The number of hydrogen-bond donors (Lipinski definition) is 1. The molecule has 0 amide bonds. The van der Waals surface area contributed by atoms with Gasteiger partial charge < -0.3 is 9.67 Å². The van der Waals surface area contributed by atoms with Crippen molar-refractivity contribution in [3.63, 3.8) is 0 Å². The van der Waals surface area contributed by atoms with E-state index < -0.39 is 0 Å². The van der Waals surface area contributed by atoms with Gasteiger partial charge in [-0.05, 0) is 31.7 Å². The minimum atomic E-state index is -0.193. The van der Waals surface area contributed by atoms with Crippen molar-refractivity contribution in [1.82, 2.24) is 14.8 Å². The first-order valence-electron chi connectivity index (χ1n) is 7.32. The average Bonchev–Trinajstić information content (AvgIpc) is 2.81. The van der Waals surface area contributed by atoms with E-state index in [1.807, 2.05) is 10.6 Å². The van der Waals surface area contributed by atoms with Crippen LogP contribution in [0.15, 0.2) is 24.3 Å². The highest BCUT2D eigenvalue weighted by molar-refractivity contribution is 5.62. The average molecular weight is 287 g/mol. The standard InChI is InChI=1S/C17H25N3O/c1-16(2,3)13-10-8-7-9-12(13)15-19-18-14(11-21)20(15)17(4,5)6/h7-10,21H,11H2,1-6H3. The van der Waals surface area contributed by atoms with Crippen molar-refractivity contribution in [2.75, 3.05) is 0 Å². The lowest BCUT2D eigenvalue weighted by molar-refractivity contribution is 0.250. The number of nitrogens with zero attached hydrogens (tertiary/aromatic N) is 3. The van der Waals surface area contributed by atoms with Crippen molar-refractivity contribution in [3.05, 3.63) is 35.7 Å². The highest BCUT2D eigenvalue weighted by Crippen LogP contribution is 2.34. The molecule has 21 heavy (non-hydrogen) atoms. The number of aromatic nitrogens is 3. The van der Waals surface area contributed by atoms with Crippen molar-refractivity contribution in [2.45, 2.75) is 59.1 Å². The summed E-state index contributed by atoms with van der Waals surface area (Å²) in [5, 5.41) is 18.1. The maximum Gasteiger partial charge on any atom is 0.164 e. The first-order valence-corrected chi connectivity index (χ1v) is 7.32. The Bertz CT molecular complexity index is 630. The summed E-state index contributed by atoms with van der Waals surface area (Å²) in [6.45, 7) is 12.8. The quantitative estimate of drug-likeness (QED) is 0.920.